The molecule has 0 bridgehead atoms. The molecule has 0 aromatic heterocycles. The first-order chi connectivity index (χ1) is 11.0. The van der Waals surface area contributed by atoms with Crippen LogP contribution >= 0.6 is 0 Å². The van der Waals surface area contributed by atoms with Gasteiger partial charge in [-0.2, -0.15) is 0 Å². The monoisotopic (exact) mass is 322 g/mol. The summed E-state index contributed by atoms with van der Waals surface area (Å²) in [6.07, 6.45) is 1.35. The molecule has 5 nitrogen and oxygen atoms in total. The number of benzene rings is 1. The molecule has 23 heavy (non-hydrogen) atoms. The second kappa shape index (κ2) is 8.06. The van der Waals surface area contributed by atoms with Gasteiger partial charge in [0.05, 0.1) is 24.3 Å². The predicted octanol–water partition coefficient (Wildman–Crippen LogP) is 2.43. The molecule has 0 unspecified atom stereocenters. The summed E-state index contributed by atoms with van der Waals surface area (Å²) in [6.45, 7) is 5.27. The van der Waals surface area contributed by atoms with Gasteiger partial charge in [-0.15, -0.1) is 0 Å². The number of carbonyl (C=O) groups is 2. The molecule has 1 aliphatic heterocycles. The lowest BCUT2D eigenvalue weighted by molar-refractivity contribution is -0.149. The summed E-state index contributed by atoms with van der Waals surface area (Å²) in [6, 6.07) is 5.72. The predicted molar refractivity (Wildman–Crippen MR) is 85.4 cm³/mol. The number of esters is 1. The average Bonchev–Trinajstić information content (AvgIpc) is 2.56. The number of likely N-dealkylation sites (tertiary alicyclic amines) is 1. The van der Waals surface area contributed by atoms with E-state index >= 15 is 0 Å². The standard InChI is InChI=1S/C17H23FN2O3/c1-3-23-17(22)13-8-10-20(11-9-13)12(2)16(21)19-15-7-5-4-6-14(15)18/h4-7,12-13H,3,8-11H2,1-2H3,(H,19,21)/t12-/m1/s1. The van der Waals surface area contributed by atoms with Gasteiger partial charge in [0, 0.05) is 0 Å². The molecule has 0 saturated carbocycles. The molecule has 1 amide bonds. The zero-order chi connectivity index (χ0) is 16.8. The van der Waals surface area contributed by atoms with Crippen LogP contribution in [0.4, 0.5) is 10.1 Å². The summed E-state index contributed by atoms with van der Waals surface area (Å²) < 4.78 is 18.6. The molecule has 0 aliphatic carbocycles. The highest BCUT2D eigenvalue weighted by Gasteiger charge is 2.30. The Kier molecular flexibility index (Phi) is 6.10. The van der Waals surface area contributed by atoms with Crippen molar-refractivity contribution >= 4 is 17.6 Å². The summed E-state index contributed by atoms with van der Waals surface area (Å²) in [5.41, 5.74) is 0.186. The van der Waals surface area contributed by atoms with Crippen molar-refractivity contribution in [2.45, 2.75) is 32.7 Å². The molecular formula is C17H23FN2O3. The SMILES string of the molecule is CCOC(=O)C1CCN([C@H](C)C(=O)Nc2ccccc2F)CC1. The maximum absolute atomic E-state index is 13.6. The Labute approximate surface area is 135 Å². The number of piperidine rings is 1. The second-order valence-corrected chi connectivity index (χ2v) is 5.71. The van der Waals surface area contributed by atoms with Crippen LogP contribution < -0.4 is 5.32 Å². The van der Waals surface area contributed by atoms with E-state index in [9.17, 15) is 14.0 Å². The highest BCUT2D eigenvalue weighted by atomic mass is 19.1. The van der Waals surface area contributed by atoms with Crippen LogP contribution in [0.5, 0.6) is 0 Å². The maximum atomic E-state index is 13.6. The lowest BCUT2D eigenvalue weighted by atomic mass is 9.96. The molecule has 1 aliphatic rings. The molecule has 1 fully saturated rings. The largest absolute Gasteiger partial charge is 0.466 e. The van der Waals surface area contributed by atoms with Gasteiger partial charge in [0.25, 0.3) is 0 Å². The van der Waals surface area contributed by atoms with Gasteiger partial charge in [-0.25, -0.2) is 4.39 Å². The molecule has 126 valence electrons. The second-order valence-electron chi connectivity index (χ2n) is 5.71. The van der Waals surface area contributed by atoms with Crippen LogP contribution in [0, 0.1) is 11.7 Å². The first-order valence-electron chi connectivity index (χ1n) is 7.99. The molecule has 2 rings (SSSR count). The number of amides is 1. The van der Waals surface area contributed by atoms with Gasteiger partial charge in [0.1, 0.15) is 5.82 Å². The summed E-state index contributed by atoms with van der Waals surface area (Å²) in [5.74, 6) is -0.942. The number of halogens is 1. The smallest absolute Gasteiger partial charge is 0.309 e. The quantitative estimate of drug-likeness (QED) is 0.846. The minimum absolute atomic E-state index is 0.0898. The number of rotatable bonds is 5. The Hall–Kier alpha value is -1.95. The van der Waals surface area contributed by atoms with Crippen molar-refractivity contribution in [3.05, 3.63) is 30.1 Å². The first kappa shape index (κ1) is 17.4. The molecule has 0 spiro atoms. The van der Waals surface area contributed by atoms with Crippen LogP contribution in [0.15, 0.2) is 24.3 Å². The molecule has 1 heterocycles. The highest BCUT2D eigenvalue weighted by molar-refractivity contribution is 5.94. The normalized spacial score (nSPS) is 17.5. The van der Waals surface area contributed by atoms with Gasteiger partial charge >= 0.3 is 5.97 Å². The Morgan fingerprint density at radius 1 is 1.35 bits per heavy atom. The summed E-state index contributed by atoms with van der Waals surface area (Å²) >= 11 is 0. The van der Waals surface area contributed by atoms with Gasteiger partial charge in [0.2, 0.25) is 5.91 Å². The third-order valence-corrected chi connectivity index (χ3v) is 4.21. The number of nitrogens with one attached hydrogen (secondary N) is 1. The molecule has 6 heteroatoms. The molecular weight excluding hydrogens is 299 g/mol. The lowest BCUT2D eigenvalue weighted by Crippen LogP contribution is -2.47. The number of nitrogens with zero attached hydrogens (tertiary/aromatic N) is 1. The van der Waals surface area contributed by atoms with E-state index in [2.05, 4.69) is 5.32 Å². The van der Waals surface area contributed by atoms with Gasteiger partial charge in [-0.3, -0.25) is 14.5 Å². The Balaban J connectivity index is 1.87. The van der Waals surface area contributed by atoms with Crippen molar-refractivity contribution < 1.29 is 18.7 Å². The third-order valence-electron chi connectivity index (χ3n) is 4.21. The van der Waals surface area contributed by atoms with Crippen LogP contribution in [-0.4, -0.2) is 42.5 Å². The number of hydrogen-bond acceptors (Lipinski definition) is 4. The summed E-state index contributed by atoms with van der Waals surface area (Å²) in [4.78, 5) is 26.0. The molecule has 1 saturated heterocycles. The molecule has 1 aromatic carbocycles. The average molecular weight is 322 g/mol. The van der Waals surface area contributed by atoms with E-state index < -0.39 is 5.82 Å². The van der Waals surface area contributed by atoms with Crippen LogP contribution in [0.2, 0.25) is 0 Å². The van der Waals surface area contributed by atoms with Crippen LogP contribution in [0.1, 0.15) is 26.7 Å². The van der Waals surface area contributed by atoms with E-state index in [0.29, 0.717) is 32.5 Å². The van der Waals surface area contributed by atoms with Crippen molar-refractivity contribution in [1.82, 2.24) is 4.90 Å². The van der Waals surface area contributed by atoms with Crippen LogP contribution in [-0.2, 0) is 14.3 Å². The molecule has 0 radical (unpaired) electrons. The summed E-state index contributed by atoms with van der Waals surface area (Å²) in [7, 11) is 0. The van der Waals surface area contributed by atoms with E-state index in [-0.39, 0.29) is 29.5 Å². The van der Waals surface area contributed by atoms with Gasteiger partial charge in [0.15, 0.2) is 0 Å². The number of carbonyl (C=O) groups excluding carboxylic acids is 2. The topological polar surface area (TPSA) is 58.6 Å². The van der Waals surface area contributed by atoms with Crippen molar-refractivity contribution in [3.8, 4) is 0 Å². The molecule has 1 N–H and O–H groups in total. The molecule has 1 aromatic rings. The van der Waals surface area contributed by atoms with Crippen LogP contribution in [0.3, 0.4) is 0 Å². The van der Waals surface area contributed by atoms with E-state index in [0.717, 1.165) is 0 Å². The van der Waals surface area contributed by atoms with E-state index in [1.165, 1.54) is 12.1 Å². The number of para-hydroxylation sites is 1. The van der Waals surface area contributed by atoms with Crippen LogP contribution in [0.25, 0.3) is 0 Å². The van der Waals surface area contributed by atoms with Crippen molar-refractivity contribution in [3.63, 3.8) is 0 Å². The fourth-order valence-electron chi connectivity index (χ4n) is 2.75. The first-order valence-corrected chi connectivity index (χ1v) is 7.99. The lowest BCUT2D eigenvalue weighted by Gasteiger charge is -2.34. The zero-order valence-corrected chi connectivity index (χ0v) is 13.5. The number of anilines is 1. The van der Waals surface area contributed by atoms with E-state index in [1.54, 1.807) is 26.0 Å². The minimum Gasteiger partial charge on any atom is -0.466 e. The summed E-state index contributed by atoms with van der Waals surface area (Å²) in [5, 5.41) is 2.61. The van der Waals surface area contributed by atoms with E-state index in [1.807, 2.05) is 4.90 Å². The number of hydrogen-bond donors (Lipinski definition) is 1. The zero-order valence-electron chi connectivity index (χ0n) is 13.5. The minimum atomic E-state index is -0.450. The molecule has 1 atom stereocenters. The van der Waals surface area contributed by atoms with Crippen molar-refractivity contribution in [2.24, 2.45) is 5.92 Å². The van der Waals surface area contributed by atoms with E-state index in [4.69, 9.17) is 4.74 Å². The van der Waals surface area contributed by atoms with Crippen molar-refractivity contribution in [2.75, 3.05) is 25.0 Å². The Morgan fingerprint density at radius 2 is 2.00 bits per heavy atom. The number of ether oxygens (including phenoxy) is 1. The Bertz CT molecular complexity index is 557. The van der Waals surface area contributed by atoms with Gasteiger partial charge in [-0.1, -0.05) is 12.1 Å². The fraction of sp³-hybridized carbons (Fsp3) is 0.529. The highest BCUT2D eigenvalue weighted by Crippen LogP contribution is 2.21. The fourth-order valence-corrected chi connectivity index (χ4v) is 2.75. The Morgan fingerprint density at radius 3 is 2.61 bits per heavy atom. The van der Waals surface area contributed by atoms with Crippen molar-refractivity contribution in [1.29, 1.82) is 0 Å². The van der Waals surface area contributed by atoms with Gasteiger partial charge < -0.3 is 10.1 Å². The van der Waals surface area contributed by atoms with Gasteiger partial charge in [-0.05, 0) is 51.9 Å². The maximum Gasteiger partial charge on any atom is 0.309 e. The third kappa shape index (κ3) is 4.51.